The quantitative estimate of drug-likeness (QED) is 0.130. The second kappa shape index (κ2) is 13.6. The van der Waals surface area contributed by atoms with Crippen molar-refractivity contribution >= 4 is 70.3 Å². The van der Waals surface area contributed by atoms with Crippen LogP contribution in [0, 0.1) is 0 Å². The van der Waals surface area contributed by atoms with E-state index in [0.29, 0.717) is 11.3 Å². The Hall–Kier alpha value is -3.08. The fourth-order valence-electron chi connectivity index (χ4n) is 3.45. The Bertz CT molecular complexity index is 1130. The van der Waals surface area contributed by atoms with Gasteiger partial charge in [0.25, 0.3) is 11.8 Å². The number of nitrogens with two attached hydrogens (primary N) is 1. The van der Waals surface area contributed by atoms with Crippen LogP contribution in [0.1, 0.15) is 26.5 Å². The Labute approximate surface area is 232 Å². The number of thioether (sulfide) groups is 1. The van der Waals surface area contributed by atoms with Gasteiger partial charge in [0, 0.05) is 25.2 Å². The van der Waals surface area contributed by atoms with E-state index in [1.54, 1.807) is 13.8 Å². The van der Waals surface area contributed by atoms with Gasteiger partial charge in [-0.2, -0.15) is 0 Å². The van der Waals surface area contributed by atoms with E-state index in [2.05, 4.69) is 15.5 Å². The average Bonchev–Trinajstić information content (AvgIpc) is 3.25. The number of amides is 2. The zero-order chi connectivity index (χ0) is 27.3. The number of β-lactam (4-membered cyclic amide) rings is 1. The lowest BCUT2D eigenvalue weighted by molar-refractivity contribution is -0.169. The molecule has 1 saturated heterocycles. The zero-order valence-corrected chi connectivity index (χ0v) is 23.6. The van der Waals surface area contributed by atoms with Crippen LogP contribution in [-0.4, -0.2) is 89.9 Å². The highest BCUT2D eigenvalue weighted by molar-refractivity contribution is 8.00. The van der Waals surface area contributed by atoms with Gasteiger partial charge in [-0.3, -0.25) is 14.5 Å². The summed E-state index contributed by atoms with van der Waals surface area (Å²) in [6.07, 6.45) is -2.71. The smallest absolute Gasteiger partial charge is 0.431 e. The fourth-order valence-corrected chi connectivity index (χ4v) is 5.32. The molecule has 1 unspecified atom stereocenters. The van der Waals surface area contributed by atoms with Crippen LogP contribution >= 0.6 is 35.5 Å². The Morgan fingerprint density at radius 1 is 1.24 bits per heavy atom. The van der Waals surface area contributed by atoms with Gasteiger partial charge in [-0.1, -0.05) is 5.16 Å². The molecule has 3 N–H and O–H groups in total. The molecule has 38 heavy (non-hydrogen) atoms. The van der Waals surface area contributed by atoms with E-state index in [4.69, 9.17) is 29.5 Å². The van der Waals surface area contributed by atoms with E-state index in [-0.39, 0.29) is 41.2 Å². The number of anilines is 1. The maximum atomic E-state index is 13.1. The Balaban J connectivity index is 0.00000507. The van der Waals surface area contributed by atoms with E-state index >= 15 is 0 Å². The Morgan fingerprint density at radius 2 is 1.95 bits per heavy atom. The number of halogens is 1. The minimum absolute atomic E-state index is 0. The number of hydrogen-bond donors (Lipinski definition) is 2. The normalized spacial score (nSPS) is 19.6. The van der Waals surface area contributed by atoms with Crippen molar-refractivity contribution in [2.24, 2.45) is 5.16 Å². The van der Waals surface area contributed by atoms with Crippen molar-refractivity contribution in [3.05, 3.63) is 22.3 Å². The van der Waals surface area contributed by atoms with Crippen LogP contribution in [0.3, 0.4) is 0 Å². The number of ether oxygens (including phenoxy) is 4. The third-order valence-electron chi connectivity index (χ3n) is 4.88. The van der Waals surface area contributed by atoms with E-state index in [9.17, 15) is 19.2 Å². The van der Waals surface area contributed by atoms with Crippen LogP contribution in [0.25, 0.3) is 0 Å². The highest BCUT2D eigenvalue weighted by atomic mass is 35.5. The van der Waals surface area contributed by atoms with Gasteiger partial charge in [0.15, 0.2) is 10.8 Å². The molecular formula is C21H28ClN5O9S2. The summed E-state index contributed by atoms with van der Waals surface area (Å²) in [5.74, 6) is -1.81. The van der Waals surface area contributed by atoms with Gasteiger partial charge >= 0.3 is 12.1 Å². The highest BCUT2D eigenvalue weighted by Crippen LogP contribution is 2.41. The molecule has 1 fully saturated rings. The van der Waals surface area contributed by atoms with Crippen molar-refractivity contribution in [3.63, 3.8) is 0 Å². The molecule has 2 aliphatic heterocycles. The number of thiazole rings is 1. The van der Waals surface area contributed by atoms with Crippen molar-refractivity contribution in [2.75, 3.05) is 32.3 Å². The third-order valence-corrected chi connectivity index (χ3v) is 6.89. The second-order valence-corrected chi connectivity index (χ2v) is 9.94. The number of nitrogen functional groups attached to an aromatic ring is 1. The first-order valence-corrected chi connectivity index (χ1v) is 12.9. The molecule has 0 aromatic carbocycles. The molecule has 3 rings (SSSR count). The lowest BCUT2D eigenvalue weighted by Crippen LogP contribution is -2.71. The monoisotopic (exact) mass is 593 g/mol. The summed E-state index contributed by atoms with van der Waals surface area (Å²) in [6, 6.07) is -0.961. The highest BCUT2D eigenvalue weighted by Gasteiger charge is 2.55. The van der Waals surface area contributed by atoms with Gasteiger partial charge in [-0.05, 0) is 19.4 Å². The molecule has 0 saturated carbocycles. The van der Waals surface area contributed by atoms with Crippen molar-refractivity contribution in [1.29, 1.82) is 0 Å². The number of carbonyl (C=O) groups is 4. The van der Waals surface area contributed by atoms with Crippen LogP contribution in [0.15, 0.2) is 21.8 Å². The molecule has 3 heterocycles. The van der Waals surface area contributed by atoms with Crippen LogP contribution < -0.4 is 11.1 Å². The summed E-state index contributed by atoms with van der Waals surface area (Å²) in [5.41, 5.74) is 6.15. The number of oxime groups is 1. The Morgan fingerprint density at radius 3 is 2.53 bits per heavy atom. The molecule has 14 nitrogen and oxygen atoms in total. The summed E-state index contributed by atoms with van der Waals surface area (Å²) in [7, 11) is 2.71. The average molecular weight is 594 g/mol. The molecule has 1 aromatic rings. The number of methoxy groups -OCH3 is 1. The van der Waals surface area contributed by atoms with Gasteiger partial charge in [0.1, 0.15) is 29.9 Å². The molecule has 3 atom stereocenters. The van der Waals surface area contributed by atoms with E-state index < -0.39 is 47.7 Å². The number of carbonyl (C=O) groups excluding carboxylic acids is 4. The zero-order valence-electron chi connectivity index (χ0n) is 21.1. The first-order valence-electron chi connectivity index (χ1n) is 10.9. The molecule has 2 aliphatic rings. The van der Waals surface area contributed by atoms with E-state index in [0.717, 1.165) is 11.3 Å². The number of fused-ring (bicyclic) bond motifs is 1. The Kier molecular flexibility index (Phi) is 11.2. The molecular weight excluding hydrogens is 566 g/mol. The number of aromatic nitrogens is 1. The van der Waals surface area contributed by atoms with Crippen molar-refractivity contribution in [1.82, 2.24) is 15.2 Å². The predicted molar refractivity (Wildman–Crippen MR) is 140 cm³/mol. The summed E-state index contributed by atoms with van der Waals surface area (Å²) in [4.78, 5) is 60.8. The van der Waals surface area contributed by atoms with Crippen molar-refractivity contribution < 1.29 is 43.0 Å². The largest absolute Gasteiger partial charge is 0.511 e. The number of rotatable bonds is 10. The molecule has 1 aromatic heterocycles. The topological polar surface area (TPSA) is 181 Å². The van der Waals surface area contributed by atoms with Crippen LogP contribution in [-0.2, 0) is 38.2 Å². The predicted octanol–water partition coefficient (Wildman–Crippen LogP) is 1.25. The van der Waals surface area contributed by atoms with Crippen LogP contribution in [0.4, 0.5) is 9.93 Å². The standard InChI is InChI=1S/C21H27N5O9S2.ClH/c1-9(2)33-21(30)35-10(3)34-19(29)15-11(6-31-4)7-36-18-14(17(28)26(15)18)24-16(27)13(25-32-5)12-8-37-20(22)23-12;/h8-10,14,18H,6-7H2,1-5H3,(H2,22,23)(H,24,27);1H/b25-13-;/t10?,14-,18-;/m1./s1. The molecule has 0 bridgehead atoms. The first-order chi connectivity index (χ1) is 17.6. The van der Waals surface area contributed by atoms with Gasteiger partial charge in [0.05, 0.1) is 12.7 Å². The van der Waals surface area contributed by atoms with E-state index in [1.165, 1.54) is 43.2 Å². The molecule has 2 amide bonds. The van der Waals surface area contributed by atoms with Crippen LogP contribution in [0.5, 0.6) is 0 Å². The number of hydrogen-bond acceptors (Lipinski definition) is 14. The lowest BCUT2D eigenvalue weighted by atomic mass is 10.0. The van der Waals surface area contributed by atoms with Crippen molar-refractivity contribution in [3.8, 4) is 0 Å². The van der Waals surface area contributed by atoms with E-state index in [1.807, 2.05) is 0 Å². The SMILES string of the molecule is COCC1=C(C(=O)OC(C)OC(=O)OC(C)C)N2C(=O)[C@@H](NC(=O)/C(=N\OC)c3csc(N)n3)[C@H]2SC1.Cl. The molecule has 0 spiro atoms. The molecule has 210 valence electrons. The summed E-state index contributed by atoms with van der Waals surface area (Å²) < 4.78 is 20.2. The number of esters is 1. The molecule has 17 heteroatoms. The molecule has 0 radical (unpaired) electrons. The lowest BCUT2D eigenvalue weighted by Gasteiger charge is -2.49. The summed E-state index contributed by atoms with van der Waals surface area (Å²) in [6.45, 7) is 4.68. The fraction of sp³-hybridized carbons (Fsp3) is 0.524. The van der Waals surface area contributed by atoms with Crippen LogP contribution in [0.2, 0.25) is 0 Å². The minimum atomic E-state index is -1.28. The number of nitrogens with one attached hydrogen (secondary N) is 1. The first kappa shape index (κ1) is 31.1. The second-order valence-electron chi connectivity index (χ2n) is 7.95. The van der Waals surface area contributed by atoms with Gasteiger partial charge in [-0.15, -0.1) is 35.5 Å². The van der Waals surface area contributed by atoms with Gasteiger partial charge in [-0.25, -0.2) is 14.6 Å². The third kappa shape index (κ3) is 7.06. The minimum Gasteiger partial charge on any atom is -0.431 e. The maximum Gasteiger partial charge on any atom is 0.511 e. The summed E-state index contributed by atoms with van der Waals surface area (Å²) >= 11 is 2.45. The number of nitrogens with zero attached hydrogens (tertiary/aromatic N) is 3. The van der Waals surface area contributed by atoms with Crippen molar-refractivity contribution in [2.45, 2.75) is 44.6 Å². The van der Waals surface area contributed by atoms with Gasteiger partial charge in [0.2, 0.25) is 6.29 Å². The van der Waals surface area contributed by atoms with Gasteiger partial charge < -0.3 is 34.8 Å². The molecule has 0 aliphatic carbocycles. The summed E-state index contributed by atoms with van der Waals surface area (Å²) in [5, 5.41) is 7.49. The maximum absolute atomic E-state index is 13.1.